The van der Waals surface area contributed by atoms with Gasteiger partial charge in [0.1, 0.15) is 0 Å². The van der Waals surface area contributed by atoms with Gasteiger partial charge in [0.25, 0.3) is 5.91 Å². The van der Waals surface area contributed by atoms with Crippen LogP contribution in [-0.2, 0) is 6.54 Å². The first kappa shape index (κ1) is 21.1. The van der Waals surface area contributed by atoms with E-state index in [0.29, 0.717) is 11.6 Å². The molecule has 3 heterocycles. The highest BCUT2D eigenvalue weighted by Gasteiger charge is 2.39. The fourth-order valence-corrected chi connectivity index (χ4v) is 5.13. The number of carbonyl (C=O) groups is 1. The number of rotatable bonds is 6. The Kier molecular flexibility index (Phi) is 5.59. The van der Waals surface area contributed by atoms with E-state index in [1.54, 1.807) is 0 Å². The van der Waals surface area contributed by atoms with Crippen LogP contribution in [0, 0.1) is 0 Å². The number of benzene rings is 2. The van der Waals surface area contributed by atoms with E-state index >= 15 is 0 Å². The molecule has 2 aromatic carbocycles. The number of aromatic nitrogens is 3. The van der Waals surface area contributed by atoms with Gasteiger partial charge in [0, 0.05) is 41.8 Å². The third-order valence-electron chi connectivity index (χ3n) is 7.10. The van der Waals surface area contributed by atoms with Gasteiger partial charge in [-0.1, -0.05) is 42.8 Å². The van der Waals surface area contributed by atoms with Crippen LogP contribution in [0.1, 0.15) is 53.2 Å². The molecule has 6 heteroatoms. The highest BCUT2D eigenvalue weighted by atomic mass is 16.2. The number of hydrogen-bond donors (Lipinski definition) is 2. The van der Waals surface area contributed by atoms with Crippen molar-refractivity contribution in [2.24, 2.45) is 0 Å². The van der Waals surface area contributed by atoms with Crippen molar-refractivity contribution in [3.8, 4) is 11.1 Å². The van der Waals surface area contributed by atoms with Crippen molar-refractivity contribution in [3.05, 3.63) is 83.8 Å². The maximum absolute atomic E-state index is 13.1. The van der Waals surface area contributed by atoms with E-state index in [-0.39, 0.29) is 11.9 Å². The summed E-state index contributed by atoms with van der Waals surface area (Å²) in [6.45, 7) is 3.26. The topological polar surface area (TPSA) is 73.9 Å². The Bertz CT molecular complexity index is 1310. The predicted molar refractivity (Wildman–Crippen MR) is 134 cm³/mol. The smallest absolute Gasteiger partial charge is 0.272 e. The van der Waals surface area contributed by atoms with Crippen LogP contribution in [0.3, 0.4) is 0 Å². The van der Waals surface area contributed by atoms with Crippen molar-refractivity contribution in [2.45, 2.75) is 44.2 Å². The zero-order valence-corrected chi connectivity index (χ0v) is 19.2. The molecule has 4 aromatic rings. The molecular weight excluding hydrogens is 422 g/mol. The molecule has 1 saturated carbocycles. The Morgan fingerprint density at radius 3 is 2.71 bits per heavy atom. The number of hydrogen-bond acceptors (Lipinski definition) is 4. The first-order valence-corrected chi connectivity index (χ1v) is 12.3. The first-order valence-electron chi connectivity index (χ1n) is 12.3. The van der Waals surface area contributed by atoms with E-state index in [2.05, 4.69) is 55.7 Å². The molecule has 2 fully saturated rings. The molecule has 0 radical (unpaired) electrons. The Hall–Kier alpha value is -3.51. The van der Waals surface area contributed by atoms with E-state index in [1.165, 1.54) is 30.4 Å². The van der Waals surface area contributed by atoms with Crippen molar-refractivity contribution in [3.63, 3.8) is 0 Å². The zero-order chi connectivity index (χ0) is 22.9. The van der Waals surface area contributed by atoms with Gasteiger partial charge in [-0.3, -0.25) is 19.8 Å². The van der Waals surface area contributed by atoms with Gasteiger partial charge in [-0.15, -0.1) is 0 Å². The SMILES string of the molecule is O=C(NC1C[C@@H]1c1ccccc1)c1n[nH]c2ccc(-c3cncc(CN4CCCCC4)c3)cc12. The molecule has 34 heavy (non-hydrogen) atoms. The number of fused-ring (bicyclic) bond motifs is 1. The maximum Gasteiger partial charge on any atom is 0.272 e. The zero-order valence-electron chi connectivity index (χ0n) is 19.2. The molecule has 2 aliphatic rings. The summed E-state index contributed by atoms with van der Waals surface area (Å²) in [4.78, 5) is 20.1. The van der Waals surface area contributed by atoms with Crippen molar-refractivity contribution in [1.82, 2.24) is 25.4 Å². The van der Waals surface area contributed by atoms with Gasteiger partial charge in [0.15, 0.2) is 5.69 Å². The summed E-state index contributed by atoms with van der Waals surface area (Å²) < 4.78 is 0. The normalized spacial score (nSPS) is 20.4. The van der Waals surface area contributed by atoms with Crippen LogP contribution in [0.4, 0.5) is 0 Å². The number of nitrogens with one attached hydrogen (secondary N) is 2. The average Bonchev–Trinajstić information content (AvgIpc) is 3.51. The summed E-state index contributed by atoms with van der Waals surface area (Å²) in [6, 6.07) is 18.9. The minimum atomic E-state index is -0.121. The maximum atomic E-state index is 13.1. The van der Waals surface area contributed by atoms with Gasteiger partial charge >= 0.3 is 0 Å². The molecule has 2 N–H and O–H groups in total. The van der Waals surface area contributed by atoms with Crippen LogP contribution in [0.2, 0.25) is 0 Å². The fraction of sp³-hybridized carbons (Fsp3) is 0.321. The van der Waals surface area contributed by atoms with Gasteiger partial charge in [-0.2, -0.15) is 5.10 Å². The van der Waals surface area contributed by atoms with E-state index in [1.807, 2.05) is 36.7 Å². The van der Waals surface area contributed by atoms with Crippen molar-refractivity contribution in [1.29, 1.82) is 0 Å². The monoisotopic (exact) mass is 451 g/mol. The van der Waals surface area contributed by atoms with Gasteiger partial charge in [-0.05, 0) is 67.2 Å². The summed E-state index contributed by atoms with van der Waals surface area (Å²) in [7, 11) is 0. The molecule has 1 aliphatic carbocycles. The molecule has 1 saturated heterocycles. The molecular formula is C28H29N5O. The van der Waals surface area contributed by atoms with Crippen LogP contribution < -0.4 is 5.32 Å². The van der Waals surface area contributed by atoms with Crippen molar-refractivity contribution in [2.75, 3.05) is 13.1 Å². The van der Waals surface area contributed by atoms with E-state index in [4.69, 9.17) is 0 Å². The van der Waals surface area contributed by atoms with Crippen LogP contribution >= 0.6 is 0 Å². The second-order valence-corrected chi connectivity index (χ2v) is 9.58. The first-order chi connectivity index (χ1) is 16.7. The predicted octanol–water partition coefficient (Wildman–Crippen LogP) is 4.90. The van der Waals surface area contributed by atoms with Crippen LogP contribution in [0.25, 0.3) is 22.0 Å². The summed E-state index contributed by atoms with van der Waals surface area (Å²) >= 11 is 0. The second-order valence-electron chi connectivity index (χ2n) is 9.58. The van der Waals surface area contributed by atoms with Crippen molar-refractivity contribution < 1.29 is 4.79 Å². The fourth-order valence-electron chi connectivity index (χ4n) is 5.13. The number of likely N-dealkylation sites (tertiary alicyclic amines) is 1. The molecule has 6 nitrogen and oxygen atoms in total. The molecule has 1 unspecified atom stereocenters. The summed E-state index contributed by atoms with van der Waals surface area (Å²) in [6.07, 6.45) is 8.73. The molecule has 0 spiro atoms. The lowest BCUT2D eigenvalue weighted by Crippen LogP contribution is -2.29. The Morgan fingerprint density at radius 2 is 1.85 bits per heavy atom. The number of piperidine rings is 1. The van der Waals surface area contributed by atoms with Crippen molar-refractivity contribution >= 4 is 16.8 Å². The number of aromatic amines is 1. The summed E-state index contributed by atoms with van der Waals surface area (Å²) in [5, 5.41) is 11.4. The van der Waals surface area contributed by atoms with E-state index in [0.717, 1.165) is 48.1 Å². The van der Waals surface area contributed by atoms with Crippen LogP contribution in [-0.4, -0.2) is 45.1 Å². The number of nitrogens with zero attached hydrogens (tertiary/aromatic N) is 3. The molecule has 2 atom stereocenters. The highest BCUT2D eigenvalue weighted by molar-refractivity contribution is 6.05. The third kappa shape index (κ3) is 4.33. The standard InChI is InChI=1S/C28H29N5O/c34-28(30-26-15-23(26)20-7-3-1-4-8-20)27-24-14-21(9-10-25(24)31-32-27)22-13-19(16-29-17-22)18-33-11-5-2-6-12-33/h1,3-4,7-10,13-14,16-17,23,26H,2,5-6,11-12,15,18H2,(H,30,34)(H,31,32)/t23-,26?/m1/s1. The number of pyridine rings is 1. The van der Waals surface area contributed by atoms with Gasteiger partial charge in [0.05, 0.1) is 5.52 Å². The number of H-pyrrole nitrogens is 1. The minimum absolute atomic E-state index is 0.121. The molecule has 6 rings (SSSR count). The molecule has 0 bridgehead atoms. The van der Waals surface area contributed by atoms with Gasteiger partial charge in [-0.25, -0.2) is 0 Å². The summed E-state index contributed by atoms with van der Waals surface area (Å²) in [5.41, 5.74) is 5.93. The highest BCUT2D eigenvalue weighted by Crippen LogP contribution is 2.40. The average molecular weight is 452 g/mol. The van der Waals surface area contributed by atoms with Crippen LogP contribution in [0.5, 0.6) is 0 Å². The molecule has 172 valence electrons. The Labute approximate surface area is 199 Å². The molecule has 1 aliphatic heterocycles. The lowest BCUT2D eigenvalue weighted by atomic mass is 10.0. The summed E-state index contributed by atoms with van der Waals surface area (Å²) in [5.74, 6) is 0.267. The largest absolute Gasteiger partial charge is 0.347 e. The molecule has 2 aromatic heterocycles. The van der Waals surface area contributed by atoms with Crippen LogP contribution in [0.15, 0.2) is 67.0 Å². The Balaban J connectivity index is 1.20. The second kappa shape index (κ2) is 9.03. The quantitative estimate of drug-likeness (QED) is 0.437. The lowest BCUT2D eigenvalue weighted by Gasteiger charge is -2.26. The minimum Gasteiger partial charge on any atom is -0.347 e. The van der Waals surface area contributed by atoms with E-state index in [9.17, 15) is 4.79 Å². The Morgan fingerprint density at radius 1 is 1.00 bits per heavy atom. The van der Waals surface area contributed by atoms with Gasteiger partial charge < -0.3 is 5.32 Å². The number of amides is 1. The van der Waals surface area contributed by atoms with E-state index < -0.39 is 0 Å². The lowest BCUT2D eigenvalue weighted by molar-refractivity contribution is 0.0947. The van der Waals surface area contributed by atoms with Gasteiger partial charge in [0.2, 0.25) is 0 Å². The molecule has 1 amide bonds. The third-order valence-corrected chi connectivity index (χ3v) is 7.10. The number of carbonyl (C=O) groups excluding carboxylic acids is 1.